The van der Waals surface area contributed by atoms with Gasteiger partial charge in [-0.1, -0.05) is 41.7 Å². The van der Waals surface area contributed by atoms with E-state index in [4.69, 9.17) is 5.73 Å². The highest BCUT2D eigenvalue weighted by molar-refractivity contribution is 7.20. The number of anilines is 4. The van der Waals surface area contributed by atoms with Crippen LogP contribution in [0.5, 0.6) is 0 Å². The summed E-state index contributed by atoms with van der Waals surface area (Å²) in [6, 6.07) is 21.9. The number of benzene rings is 3. The normalized spacial score (nSPS) is 14.1. The number of hydrogen-bond acceptors (Lipinski definition) is 7. The number of nitrogens with one attached hydrogen (secondary N) is 1. The first-order valence-electron chi connectivity index (χ1n) is 12.3. The number of amides is 2. The maximum Gasteiger partial charge on any atom is 0.270 e. The topological polar surface area (TPSA) is 94.8 Å². The first-order valence-corrected chi connectivity index (χ1v) is 13.2. The van der Waals surface area contributed by atoms with Crippen LogP contribution in [0.1, 0.15) is 27.8 Å². The maximum atomic E-state index is 13.1. The highest BCUT2D eigenvalue weighted by Crippen LogP contribution is 2.36. The Morgan fingerprint density at radius 3 is 2.38 bits per heavy atom. The first-order chi connectivity index (χ1) is 17.9. The summed E-state index contributed by atoms with van der Waals surface area (Å²) in [5.74, 6) is -0.992. The summed E-state index contributed by atoms with van der Waals surface area (Å²) in [6.45, 7) is 6.59. The molecular formula is C28H30N6O2S. The number of thiazole rings is 1. The van der Waals surface area contributed by atoms with Gasteiger partial charge < -0.3 is 25.8 Å². The molecule has 1 aliphatic rings. The third kappa shape index (κ3) is 5.28. The number of fused-ring (bicyclic) bond motifs is 1. The monoisotopic (exact) mass is 514 g/mol. The Hall–Kier alpha value is -3.95. The largest absolute Gasteiger partial charge is 0.369 e. The number of rotatable bonds is 7. The Morgan fingerprint density at radius 2 is 1.70 bits per heavy atom. The summed E-state index contributed by atoms with van der Waals surface area (Å²) in [5.41, 5.74) is 8.24. The minimum atomic E-state index is -0.683. The van der Waals surface area contributed by atoms with Crippen LogP contribution in [0.15, 0.2) is 66.7 Å². The van der Waals surface area contributed by atoms with Gasteiger partial charge in [0.15, 0.2) is 10.8 Å². The highest BCUT2D eigenvalue weighted by atomic mass is 32.1. The zero-order valence-corrected chi connectivity index (χ0v) is 21.8. The quantitative estimate of drug-likeness (QED) is 0.376. The molecule has 0 radical (unpaired) electrons. The Kier molecular flexibility index (Phi) is 7.07. The third-order valence-corrected chi connectivity index (χ3v) is 7.66. The number of hydrogen-bond donors (Lipinski definition) is 2. The smallest absolute Gasteiger partial charge is 0.270 e. The van der Waals surface area contributed by atoms with E-state index in [1.54, 1.807) is 0 Å². The van der Waals surface area contributed by atoms with Gasteiger partial charge in [0.2, 0.25) is 0 Å². The summed E-state index contributed by atoms with van der Waals surface area (Å²) < 4.78 is 0. The van der Waals surface area contributed by atoms with Crippen LogP contribution < -0.4 is 20.9 Å². The fraction of sp³-hybridized carbons (Fsp3) is 0.250. The van der Waals surface area contributed by atoms with Crippen molar-refractivity contribution in [2.24, 2.45) is 5.73 Å². The Labute approximate surface area is 220 Å². The van der Waals surface area contributed by atoms with E-state index in [9.17, 15) is 9.59 Å². The predicted octanol–water partition coefficient (Wildman–Crippen LogP) is 4.56. The molecule has 2 heterocycles. The van der Waals surface area contributed by atoms with Crippen LogP contribution in [0.4, 0.5) is 21.5 Å². The van der Waals surface area contributed by atoms with Crippen LogP contribution in [-0.2, 0) is 0 Å². The maximum absolute atomic E-state index is 13.1. The summed E-state index contributed by atoms with van der Waals surface area (Å²) >= 11 is 1.24. The van der Waals surface area contributed by atoms with Crippen LogP contribution in [0.25, 0.3) is 10.8 Å². The van der Waals surface area contributed by atoms with Gasteiger partial charge in [-0.25, -0.2) is 4.98 Å². The number of piperazine rings is 1. The van der Waals surface area contributed by atoms with Crippen molar-refractivity contribution in [3.05, 3.63) is 78.0 Å². The van der Waals surface area contributed by atoms with E-state index in [2.05, 4.69) is 51.4 Å². The summed E-state index contributed by atoms with van der Waals surface area (Å²) in [6.07, 6.45) is 0. The van der Waals surface area contributed by atoms with Crippen molar-refractivity contribution >= 4 is 55.4 Å². The molecule has 0 atom stereocenters. The van der Waals surface area contributed by atoms with Gasteiger partial charge in [-0.2, -0.15) is 0 Å². The van der Waals surface area contributed by atoms with Gasteiger partial charge in [0.1, 0.15) is 5.00 Å². The lowest BCUT2D eigenvalue weighted by Crippen LogP contribution is -2.44. The third-order valence-electron chi connectivity index (χ3n) is 6.67. The van der Waals surface area contributed by atoms with Crippen molar-refractivity contribution in [3.8, 4) is 0 Å². The standard InChI is InChI=1S/C28H30N6O2S/c1-3-34(23-13-8-19-6-4-5-7-21(19)18-23)28-30-24(25(29)35)27(37-28)31-26(36)20-9-11-22(12-10-20)33-16-14-32(2)15-17-33/h4-13,18H,3,14-17H2,1-2H3,(H2,29,35)(H,31,36). The molecule has 1 aromatic heterocycles. The summed E-state index contributed by atoms with van der Waals surface area (Å²) in [5, 5.41) is 6.05. The second-order valence-corrected chi connectivity index (χ2v) is 10.1. The molecule has 2 amide bonds. The average Bonchev–Trinajstić information content (AvgIpc) is 3.33. The van der Waals surface area contributed by atoms with E-state index in [1.165, 1.54) is 11.3 Å². The minimum absolute atomic E-state index is 0.0571. The molecule has 190 valence electrons. The van der Waals surface area contributed by atoms with E-state index >= 15 is 0 Å². The molecular weight excluding hydrogens is 484 g/mol. The Balaban J connectivity index is 1.36. The lowest BCUT2D eigenvalue weighted by Gasteiger charge is -2.34. The van der Waals surface area contributed by atoms with E-state index < -0.39 is 5.91 Å². The van der Waals surface area contributed by atoms with Gasteiger partial charge in [-0.15, -0.1) is 0 Å². The fourth-order valence-corrected chi connectivity index (χ4v) is 5.56. The number of aromatic nitrogens is 1. The molecule has 1 aliphatic heterocycles. The minimum Gasteiger partial charge on any atom is -0.369 e. The van der Waals surface area contributed by atoms with Crippen molar-refractivity contribution in [2.75, 3.05) is 54.9 Å². The van der Waals surface area contributed by atoms with E-state index in [1.807, 2.05) is 54.3 Å². The molecule has 0 bridgehead atoms. The zero-order valence-electron chi connectivity index (χ0n) is 21.0. The van der Waals surface area contributed by atoms with Crippen molar-refractivity contribution in [1.82, 2.24) is 9.88 Å². The lowest BCUT2D eigenvalue weighted by atomic mass is 10.1. The van der Waals surface area contributed by atoms with Crippen molar-refractivity contribution in [1.29, 1.82) is 0 Å². The Morgan fingerprint density at radius 1 is 1.00 bits per heavy atom. The molecule has 1 fully saturated rings. The lowest BCUT2D eigenvalue weighted by molar-refractivity contribution is 0.0997. The second-order valence-electron chi connectivity index (χ2n) is 9.11. The number of primary amides is 1. The van der Waals surface area contributed by atoms with Crippen molar-refractivity contribution in [2.45, 2.75) is 6.92 Å². The average molecular weight is 515 g/mol. The molecule has 0 unspecified atom stereocenters. The molecule has 0 aliphatic carbocycles. The Bertz CT molecular complexity index is 1430. The van der Waals surface area contributed by atoms with Crippen LogP contribution >= 0.6 is 11.3 Å². The van der Waals surface area contributed by atoms with Crippen LogP contribution in [0.2, 0.25) is 0 Å². The van der Waals surface area contributed by atoms with Crippen molar-refractivity contribution < 1.29 is 9.59 Å². The van der Waals surface area contributed by atoms with E-state index in [-0.39, 0.29) is 11.6 Å². The molecule has 37 heavy (non-hydrogen) atoms. The number of likely N-dealkylation sites (N-methyl/N-ethyl adjacent to an activating group) is 1. The fourth-order valence-electron chi connectivity index (χ4n) is 4.51. The van der Waals surface area contributed by atoms with E-state index in [0.717, 1.165) is 48.3 Å². The number of nitrogens with zero attached hydrogens (tertiary/aromatic N) is 4. The predicted molar refractivity (Wildman–Crippen MR) is 151 cm³/mol. The van der Waals surface area contributed by atoms with Gasteiger partial charge in [-0.05, 0) is 61.1 Å². The molecule has 4 aromatic rings. The van der Waals surface area contributed by atoms with Crippen molar-refractivity contribution in [3.63, 3.8) is 0 Å². The van der Waals surface area contributed by atoms with Crippen LogP contribution in [0.3, 0.4) is 0 Å². The van der Waals surface area contributed by atoms with Gasteiger partial charge in [0.25, 0.3) is 11.8 Å². The molecule has 0 saturated carbocycles. The number of carbonyl (C=O) groups is 2. The van der Waals surface area contributed by atoms with Crippen LogP contribution in [0, 0.1) is 0 Å². The number of carbonyl (C=O) groups excluding carboxylic acids is 2. The molecule has 8 nitrogen and oxygen atoms in total. The molecule has 5 rings (SSSR count). The number of nitrogens with two attached hydrogens (primary N) is 1. The summed E-state index contributed by atoms with van der Waals surface area (Å²) in [7, 11) is 2.12. The van der Waals surface area contributed by atoms with Gasteiger partial charge in [0.05, 0.1) is 0 Å². The summed E-state index contributed by atoms with van der Waals surface area (Å²) in [4.78, 5) is 36.4. The molecule has 0 spiro atoms. The van der Waals surface area contributed by atoms with Gasteiger partial charge in [0, 0.05) is 49.7 Å². The van der Waals surface area contributed by atoms with E-state index in [0.29, 0.717) is 22.2 Å². The van der Waals surface area contributed by atoms with Gasteiger partial charge in [-0.3, -0.25) is 9.59 Å². The highest BCUT2D eigenvalue weighted by Gasteiger charge is 2.22. The van der Waals surface area contributed by atoms with Gasteiger partial charge >= 0.3 is 0 Å². The molecule has 3 N–H and O–H groups in total. The first kappa shape index (κ1) is 24.7. The molecule has 1 saturated heterocycles. The zero-order chi connectivity index (χ0) is 25.9. The molecule has 9 heteroatoms. The SMILES string of the molecule is CCN(c1ccc2ccccc2c1)c1nc(C(N)=O)c(NC(=O)c2ccc(N3CCN(C)CC3)cc2)s1. The second kappa shape index (κ2) is 10.6. The molecule has 3 aromatic carbocycles. The van der Waals surface area contributed by atoms with Crippen LogP contribution in [-0.4, -0.2) is 61.5 Å².